The summed E-state index contributed by atoms with van der Waals surface area (Å²) in [5, 5.41) is 3.40. The summed E-state index contributed by atoms with van der Waals surface area (Å²) in [6, 6.07) is 10.9. The molecule has 0 bridgehead atoms. The predicted octanol–water partition coefficient (Wildman–Crippen LogP) is 3.09. The Balaban J connectivity index is 2.68. The van der Waals surface area contributed by atoms with Crippen molar-refractivity contribution in [3.05, 3.63) is 41.5 Å². The van der Waals surface area contributed by atoms with Crippen LogP contribution in [-0.4, -0.2) is 12.6 Å². The fourth-order valence-electron chi connectivity index (χ4n) is 1.40. The van der Waals surface area contributed by atoms with Crippen LogP contribution in [-0.2, 0) is 0 Å². The van der Waals surface area contributed by atoms with Crippen LogP contribution < -0.4 is 5.32 Å². The third-order valence-electron chi connectivity index (χ3n) is 2.39. The van der Waals surface area contributed by atoms with Crippen molar-refractivity contribution in [2.45, 2.75) is 26.8 Å². The van der Waals surface area contributed by atoms with Crippen molar-refractivity contribution in [2.75, 3.05) is 6.54 Å². The molecule has 0 aliphatic carbocycles. The fraction of sp³-hybridized carbons (Fsp3) is 0.385. The molecule has 1 unspecified atom stereocenters. The second-order valence-corrected chi connectivity index (χ2v) is 3.58. The Morgan fingerprint density at radius 1 is 1.36 bits per heavy atom. The lowest BCUT2D eigenvalue weighted by molar-refractivity contribution is 0.636. The van der Waals surface area contributed by atoms with Crippen LogP contribution in [0.5, 0.6) is 0 Å². The van der Waals surface area contributed by atoms with Crippen molar-refractivity contribution in [1.29, 1.82) is 0 Å². The Bertz CT molecular complexity index is 287. The maximum absolute atomic E-state index is 3.40. The van der Waals surface area contributed by atoms with Gasteiger partial charge in [-0.25, -0.2) is 0 Å². The van der Waals surface area contributed by atoms with E-state index in [-0.39, 0.29) is 0 Å². The molecule has 1 nitrogen and oxygen atoms in total. The van der Waals surface area contributed by atoms with E-state index in [0.717, 1.165) is 6.54 Å². The minimum absolute atomic E-state index is 0.459. The van der Waals surface area contributed by atoms with Crippen molar-refractivity contribution in [1.82, 2.24) is 5.32 Å². The van der Waals surface area contributed by atoms with Crippen molar-refractivity contribution < 1.29 is 0 Å². The standard InChI is InChI=1S/C13H19N/c1-4-14-12(3)11(2)10-13-8-6-5-7-9-13/h5-10,12,14H,4H2,1-3H3/b11-10+. The molecule has 1 aromatic carbocycles. The first kappa shape index (κ1) is 11.0. The first-order valence-corrected chi connectivity index (χ1v) is 5.20. The van der Waals surface area contributed by atoms with Gasteiger partial charge in [-0.05, 0) is 26.0 Å². The van der Waals surface area contributed by atoms with E-state index >= 15 is 0 Å². The summed E-state index contributed by atoms with van der Waals surface area (Å²) in [6.07, 6.45) is 2.23. The molecule has 0 spiro atoms. The molecule has 0 radical (unpaired) electrons. The van der Waals surface area contributed by atoms with Gasteiger partial charge in [0.25, 0.3) is 0 Å². The van der Waals surface area contributed by atoms with Gasteiger partial charge in [-0.1, -0.05) is 48.9 Å². The minimum Gasteiger partial charge on any atom is -0.311 e. The van der Waals surface area contributed by atoms with Crippen LogP contribution in [0.2, 0.25) is 0 Å². The third kappa shape index (κ3) is 3.35. The second-order valence-electron chi connectivity index (χ2n) is 3.58. The molecule has 0 heterocycles. The van der Waals surface area contributed by atoms with Gasteiger partial charge >= 0.3 is 0 Å². The average molecular weight is 189 g/mol. The first-order valence-electron chi connectivity index (χ1n) is 5.20. The van der Waals surface area contributed by atoms with Gasteiger partial charge in [0.1, 0.15) is 0 Å². The largest absolute Gasteiger partial charge is 0.311 e. The smallest absolute Gasteiger partial charge is 0.0251 e. The van der Waals surface area contributed by atoms with Crippen LogP contribution in [0.1, 0.15) is 26.3 Å². The van der Waals surface area contributed by atoms with Gasteiger partial charge < -0.3 is 5.32 Å². The molecule has 1 heteroatoms. The molecule has 1 N–H and O–H groups in total. The lowest BCUT2D eigenvalue weighted by Crippen LogP contribution is -2.26. The van der Waals surface area contributed by atoms with E-state index in [1.807, 2.05) is 6.07 Å². The van der Waals surface area contributed by atoms with Crippen LogP contribution in [0.3, 0.4) is 0 Å². The molecule has 76 valence electrons. The Hall–Kier alpha value is -1.08. The topological polar surface area (TPSA) is 12.0 Å². The van der Waals surface area contributed by atoms with Crippen molar-refractivity contribution in [2.24, 2.45) is 0 Å². The Kier molecular flexibility index (Phi) is 4.41. The van der Waals surface area contributed by atoms with Crippen LogP contribution in [0.15, 0.2) is 35.9 Å². The Labute approximate surface area is 86.8 Å². The van der Waals surface area contributed by atoms with Gasteiger partial charge in [0.15, 0.2) is 0 Å². The zero-order chi connectivity index (χ0) is 10.4. The number of benzene rings is 1. The SMILES string of the molecule is CCNC(C)/C(C)=C/c1ccccc1. The van der Waals surface area contributed by atoms with Gasteiger partial charge in [0, 0.05) is 6.04 Å². The maximum atomic E-state index is 3.40. The molecular weight excluding hydrogens is 170 g/mol. The molecular formula is C13H19N. The van der Waals surface area contributed by atoms with Crippen molar-refractivity contribution in [3.8, 4) is 0 Å². The van der Waals surface area contributed by atoms with Gasteiger partial charge in [0.2, 0.25) is 0 Å². The average Bonchev–Trinajstić information content (AvgIpc) is 2.19. The van der Waals surface area contributed by atoms with Crippen LogP contribution in [0, 0.1) is 0 Å². The third-order valence-corrected chi connectivity index (χ3v) is 2.39. The number of hydrogen-bond donors (Lipinski definition) is 1. The fourth-order valence-corrected chi connectivity index (χ4v) is 1.40. The molecule has 0 fully saturated rings. The highest BCUT2D eigenvalue weighted by molar-refractivity contribution is 5.53. The van der Waals surface area contributed by atoms with Gasteiger partial charge in [-0.3, -0.25) is 0 Å². The van der Waals surface area contributed by atoms with Crippen LogP contribution in [0.25, 0.3) is 6.08 Å². The molecule has 0 saturated heterocycles. The summed E-state index contributed by atoms with van der Waals surface area (Å²) in [6.45, 7) is 7.51. The molecule has 1 rings (SSSR count). The van der Waals surface area contributed by atoms with E-state index in [2.05, 4.69) is 56.4 Å². The van der Waals surface area contributed by atoms with Gasteiger partial charge in [-0.2, -0.15) is 0 Å². The summed E-state index contributed by atoms with van der Waals surface area (Å²) in [4.78, 5) is 0. The maximum Gasteiger partial charge on any atom is 0.0251 e. The lowest BCUT2D eigenvalue weighted by Gasteiger charge is -2.12. The molecule has 1 aromatic rings. The van der Waals surface area contributed by atoms with Gasteiger partial charge in [0.05, 0.1) is 0 Å². The monoisotopic (exact) mass is 189 g/mol. The Morgan fingerprint density at radius 2 is 2.00 bits per heavy atom. The van der Waals surface area contributed by atoms with Crippen LogP contribution >= 0.6 is 0 Å². The summed E-state index contributed by atoms with van der Waals surface area (Å²) in [5.74, 6) is 0. The van der Waals surface area contributed by atoms with E-state index < -0.39 is 0 Å². The zero-order valence-corrected chi connectivity index (χ0v) is 9.25. The summed E-state index contributed by atoms with van der Waals surface area (Å²) < 4.78 is 0. The molecule has 1 atom stereocenters. The predicted molar refractivity (Wildman–Crippen MR) is 63.2 cm³/mol. The Morgan fingerprint density at radius 3 is 2.57 bits per heavy atom. The number of rotatable bonds is 4. The molecule has 14 heavy (non-hydrogen) atoms. The lowest BCUT2D eigenvalue weighted by atomic mass is 10.1. The molecule has 0 aliphatic heterocycles. The highest BCUT2D eigenvalue weighted by Gasteiger charge is 2.00. The normalized spacial score (nSPS) is 14.1. The summed E-state index contributed by atoms with van der Waals surface area (Å²) in [5.41, 5.74) is 2.65. The van der Waals surface area contributed by atoms with E-state index in [1.54, 1.807) is 0 Å². The summed E-state index contributed by atoms with van der Waals surface area (Å²) in [7, 11) is 0. The minimum atomic E-state index is 0.459. The van der Waals surface area contributed by atoms with Crippen molar-refractivity contribution >= 4 is 6.08 Å². The molecule has 0 aromatic heterocycles. The van der Waals surface area contributed by atoms with E-state index in [1.165, 1.54) is 11.1 Å². The van der Waals surface area contributed by atoms with E-state index in [0.29, 0.717) is 6.04 Å². The van der Waals surface area contributed by atoms with Crippen LogP contribution in [0.4, 0.5) is 0 Å². The highest BCUT2D eigenvalue weighted by atomic mass is 14.9. The quantitative estimate of drug-likeness (QED) is 0.767. The number of nitrogens with one attached hydrogen (secondary N) is 1. The number of hydrogen-bond acceptors (Lipinski definition) is 1. The van der Waals surface area contributed by atoms with Gasteiger partial charge in [-0.15, -0.1) is 0 Å². The first-order chi connectivity index (χ1) is 6.74. The number of likely N-dealkylation sites (N-methyl/N-ethyl adjacent to an activating group) is 1. The molecule has 0 aliphatic rings. The second kappa shape index (κ2) is 5.61. The summed E-state index contributed by atoms with van der Waals surface area (Å²) >= 11 is 0. The van der Waals surface area contributed by atoms with E-state index in [4.69, 9.17) is 0 Å². The highest BCUT2D eigenvalue weighted by Crippen LogP contribution is 2.08. The van der Waals surface area contributed by atoms with Crippen molar-refractivity contribution in [3.63, 3.8) is 0 Å². The zero-order valence-electron chi connectivity index (χ0n) is 9.25. The van der Waals surface area contributed by atoms with E-state index in [9.17, 15) is 0 Å². The molecule has 0 saturated carbocycles. The molecule has 0 amide bonds.